The summed E-state index contributed by atoms with van der Waals surface area (Å²) < 4.78 is 16.3. The fourth-order valence-corrected chi connectivity index (χ4v) is 2.97. The lowest BCUT2D eigenvalue weighted by molar-refractivity contribution is 0.625. The van der Waals surface area contributed by atoms with Gasteiger partial charge in [-0.25, -0.2) is 9.07 Å². The zero-order chi connectivity index (χ0) is 15.4. The quantitative estimate of drug-likeness (QED) is 0.789. The fourth-order valence-electron chi connectivity index (χ4n) is 2.97. The van der Waals surface area contributed by atoms with Crippen LogP contribution in [0, 0.1) is 12.7 Å². The molecule has 1 N–H and O–H groups in total. The van der Waals surface area contributed by atoms with Crippen LogP contribution in [0.15, 0.2) is 39.9 Å². The van der Waals surface area contributed by atoms with Crippen molar-refractivity contribution in [3.05, 3.63) is 62.6 Å². The van der Waals surface area contributed by atoms with Gasteiger partial charge in [0.15, 0.2) is 0 Å². The Morgan fingerprint density at radius 1 is 1.23 bits per heavy atom. The van der Waals surface area contributed by atoms with Crippen molar-refractivity contribution in [1.82, 2.24) is 14.3 Å². The van der Waals surface area contributed by atoms with E-state index in [4.69, 9.17) is 0 Å². The van der Waals surface area contributed by atoms with E-state index in [2.05, 4.69) is 5.10 Å². The normalized spacial score (nSPS) is 14.6. The van der Waals surface area contributed by atoms with Crippen LogP contribution in [0.25, 0.3) is 16.6 Å². The summed E-state index contributed by atoms with van der Waals surface area (Å²) in [5.74, 6) is -0.419. The van der Waals surface area contributed by atoms with Crippen LogP contribution in [0.1, 0.15) is 24.6 Å². The number of fused-ring (bicyclic) bond motifs is 1. The zero-order valence-corrected chi connectivity index (χ0v) is 12.0. The molecule has 3 aromatic rings. The van der Waals surface area contributed by atoms with Crippen LogP contribution in [-0.4, -0.2) is 14.3 Å². The third-order valence-electron chi connectivity index (χ3n) is 4.13. The van der Waals surface area contributed by atoms with Gasteiger partial charge in [-0.05, 0) is 38.0 Å². The van der Waals surface area contributed by atoms with Crippen LogP contribution in [-0.2, 0) is 0 Å². The molecule has 1 fully saturated rings. The molecule has 0 aliphatic heterocycles. The third-order valence-corrected chi connectivity index (χ3v) is 4.13. The Labute approximate surface area is 124 Å². The molecule has 4 rings (SSSR count). The topological polar surface area (TPSA) is 59.8 Å². The summed E-state index contributed by atoms with van der Waals surface area (Å²) >= 11 is 0. The number of rotatable bonds is 2. The standard InChI is InChI=1S/C16H14FN3O2/c1-9-15-13(8-14(21)19(9)11-5-6-11)18-20(16(15)22)12-4-2-3-10(17)7-12/h2-4,7-8,11,18H,5-6H2,1H3. The molecule has 1 saturated carbocycles. The monoisotopic (exact) mass is 299 g/mol. The highest BCUT2D eigenvalue weighted by molar-refractivity contribution is 5.80. The SMILES string of the molecule is Cc1c2c(=O)n(-c3cccc(F)c3)[nH]c2cc(=O)n1C1CC1. The lowest BCUT2D eigenvalue weighted by Gasteiger charge is -2.07. The largest absolute Gasteiger partial charge is 0.309 e. The van der Waals surface area contributed by atoms with E-state index < -0.39 is 5.82 Å². The average molecular weight is 299 g/mol. The Morgan fingerprint density at radius 3 is 2.68 bits per heavy atom. The predicted molar refractivity (Wildman–Crippen MR) is 81.1 cm³/mol. The second kappa shape index (κ2) is 4.43. The fraction of sp³-hybridized carbons (Fsp3) is 0.250. The number of nitrogens with zero attached hydrogens (tertiary/aromatic N) is 2. The number of benzene rings is 1. The minimum Gasteiger partial charge on any atom is -0.309 e. The lowest BCUT2D eigenvalue weighted by atomic mass is 10.2. The molecular weight excluding hydrogens is 285 g/mol. The summed E-state index contributed by atoms with van der Waals surface area (Å²) in [4.78, 5) is 24.9. The van der Waals surface area contributed by atoms with Crippen LogP contribution in [0.5, 0.6) is 0 Å². The van der Waals surface area contributed by atoms with E-state index in [9.17, 15) is 14.0 Å². The summed E-state index contributed by atoms with van der Waals surface area (Å²) in [7, 11) is 0. The van der Waals surface area contributed by atoms with Gasteiger partial charge in [-0.1, -0.05) is 6.07 Å². The second-order valence-corrected chi connectivity index (χ2v) is 5.69. The van der Waals surface area contributed by atoms with Gasteiger partial charge in [-0.2, -0.15) is 0 Å². The number of pyridine rings is 1. The van der Waals surface area contributed by atoms with Crippen molar-refractivity contribution >= 4 is 10.9 Å². The van der Waals surface area contributed by atoms with Gasteiger partial charge in [-0.15, -0.1) is 0 Å². The maximum absolute atomic E-state index is 13.4. The Hall–Kier alpha value is -2.63. The molecule has 0 atom stereocenters. The van der Waals surface area contributed by atoms with E-state index in [0.29, 0.717) is 22.3 Å². The van der Waals surface area contributed by atoms with Crippen LogP contribution < -0.4 is 11.1 Å². The van der Waals surface area contributed by atoms with Crippen molar-refractivity contribution in [2.75, 3.05) is 0 Å². The highest BCUT2D eigenvalue weighted by Crippen LogP contribution is 2.35. The molecular formula is C16H14FN3O2. The molecule has 22 heavy (non-hydrogen) atoms. The Morgan fingerprint density at radius 2 is 2.00 bits per heavy atom. The molecule has 6 heteroatoms. The molecule has 0 bridgehead atoms. The van der Waals surface area contributed by atoms with Gasteiger partial charge in [0, 0.05) is 17.8 Å². The van der Waals surface area contributed by atoms with Crippen molar-refractivity contribution in [2.45, 2.75) is 25.8 Å². The molecule has 0 radical (unpaired) electrons. The molecule has 1 aliphatic rings. The molecule has 5 nitrogen and oxygen atoms in total. The molecule has 2 aromatic heterocycles. The molecule has 1 aromatic carbocycles. The minimum atomic E-state index is -0.419. The molecule has 1 aliphatic carbocycles. The highest BCUT2D eigenvalue weighted by Gasteiger charge is 2.27. The number of aromatic amines is 1. The summed E-state index contributed by atoms with van der Waals surface area (Å²) in [6.07, 6.45) is 1.93. The molecule has 0 amide bonds. The second-order valence-electron chi connectivity index (χ2n) is 5.69. The molecule has 112 valence electrons. The van der Waals surface area contributed by atoms with Crippen LogP contribution >= 0.6 is 0 Å². The van der Waals surface area contributed by atoms with Crippen molar-refractivity contribution < 1.29 is 4.39 Å². The summed E-state index contributed by atoms with van der Waals surface area (Å²) in [5.41, 5.74) is 1.17. The third kappa shape index (κ3) is 1.83. The number of nitrogens with one attached hydrogen (secondary N) is 1. The first-order valence-electron chi connectivity index (χ1n) is 7.19. The van der Waals surface area contributed by atoms with E-state index in [0.717, 1.165) is 12.8 Å². The van der Waals surface area contributed by atoms with E-state index in [-0.39, 0.29) is 17.2 Å². The van der Waals surface area contributed by atoms with Crippen LogP contribution in [0.3, 0.4) is 0 Å². The van der Waals surface area contributed by atoms with Gasteiger partial charge in [0.05, 0.1) is 16.6 Å². The van der Waals surface area contributed by atoms with Gasteiger partial charge < -0.3 is 4.57 Å². The maximum atomic E-state index is 13.4. The molecule has 0 unspecified atom stereocenters. The summed E-state index contributed by atoms with van der Waals surface area (Å²) in [6.45, 7) is 1.78. The van der Waals surface area contributed by atoms with Crippen molar-refractivity contribution in [1.29, 1.82) is 0 Å². The van der Waals surface area contributed by atoms with Crippen LogP contribution in [0.2, 0.25) is 0 Å². The lowest BCUT2D eigenvalue weighted by Crippen LogP contribution is -2.22. The number of aromatic nitrogens is 3. The van der Waals surface area contributed by atoms with Gasteiger partial charge >= 0.3 is 0 Å². The summed E-state index contributed by atoms with van der Waals surface area (Å²) in [6, 6.07) is 7.42. The minimum absolute atomic E-state index is 0.111. The van der Waals surface area contributed by atoms with Crippen molar-refractivity contribution in [3.8, 4) is 5.69 Å². The summed E-state index contributed by atoms with van der Waals surface area (Å²) in [5, 5.41) is 3.38. The number of H-pyrrole nitrogens is 1. The van der Waals surface area contributed by atoms with Crippen LogP contribution in [0.4, 0.5) is 4.39 Å². The molecule has 0 spiro atoms. The van der Waals surface area contributed by atoms with E-state index in [1.807, 2.05) is 0 Å². The van der Waals surface area contributed by atoms with Gasteiger partial charge in [0.2, 0.25) is 0 Å². The smallest absolute Gasteiger partial charge is 0.280 e. The van der Waals surface area contributed by atoms with Gasteiger partial charge in [0.25, 0.3) is 11.1 Å². The van der Waals surface area contributed by atoms with E-state index in [1.165, 1.54) is 22.9 Å². The average Bonchev–Trinajstić information content (AvgIpc) is 3.23. The zero-order valence-electron chi connectivity index (χ0n) is 12.0. The first-order chi connectivity index (χ1) is 10.6. The number of hydrogen-bond donors (Lipinski definition) is 1. The van der Waals surface area contributed by atoms with Gasteiger partial charge in [0.1, 0.15) is 5.82 Å². The Kier molecular flexibility index (Phi) is 2.63. The molecule has 2 heterocycles. The predicted octanol–water partition coefficient (Wildman–Crippen LogP) is 2.26. The maximum Gasteiger partial charge on any atom is 0.280 e. The first-order valence-corrected chi connectivity index (χ1v) is 7.19. The van der Waals surface area contributed by atoms with Crippen molar-refractivity contribution in [3.63, 3.8) is 0 Å². The van der Waals surface area contributed by atoms with Crippen molar-refractivity contribution in [2.24, 2.45) is 0 Å². The molecule has 0 saturated heterocycles. The highest BCUT2D eigenvalue weighted by atomic mass is 19.1. The number of aryl methyl sites for hydroxylation is 1. The number of halogens is 1. The van der Waals surface area contributed by atoms with E-state index in [1.54, 1.807) is 23.6 Å². The van der Waals surface area contributed by atoms with Gasteiger partial charge in [-0.3, -0.25) is 14.7 Å². The Bertz CT molecular complexity index is 1010. The number of hydrogen-bond acceptors (Lipinski definition) is 2. The Balaban J connectivity index is 2.04. The first kappa shape index (κ1) is 13.1. The van der Waals surface area contributed by atoms with E-state index >= 15 is 0 Å².